The maximum atomic E-state index is 5.56. The third-order valence-corrected chi connectivity index (χ3v) is 2.27. The average molecular weight is 232 g/mol. The smallest absolute Gasteiger partial charge is 0.247 e. The second-order valence-corrected chi connectivity index (χ2v) is 4.22. The molecule has 90 valence electrons. The first-order valence-electron chi connectivity index (χ1n) is 5.64. The molecule has 0 aliphatic rings. The second kappa shape index (κ2) is 5.05. The van der Waals surface area contributed by atoms with E-state index in [2.05, 4.69) is 34.3 Å². The molecule has 0 fully saturated rings. The summed E-state index contributed by atoms with van der Waals surface area (Å²) in [5, 5.41) is 11.2. The van der Waals surface area contributed by atoms with Crippen LogP contribution in [0, 0.1) is 6.92 Å². The number of aryl methyl sites for hydroxylation is 1. The van der Waals surface area contributed by atoms with Crippen LogP contribution in [-0.2, 0) is 6.54 Å². The van der Waals surface area contributed by atoms with Crippen LogP contribution in [0.15, 0.2) is 22.7 Å². The van der Waals surface area contributed by atoms with Crippen molar-refractivity contribution in [3.63, 3.8) is 0 Å². The predicted molar refractivity (Wildman–Crippen MR) is 64.2 cm³/mol. The molecule has 0 aliphatic carbocycles. The van der Waals surface area contributed by atoms with Gasteiger partial charge in [0.15, 0.2) is 0 Å². The summed E-state index contributed by atoms with van der Waals surface area (Å²) in [6, 6.07) is 4.18. The molecule has 0 atom stereocenters. The molecule has 0 aliphatic heterocycles. The lowest BCUT2D eigenvalue weighted by atomic mass is 10.2. The Morgan fingerprint density at radius 3 is 2.88 bits per heavy atom. The van der Waals surface area contributed by atoms with Crippen molar-refractivity contribution in [2.45, 2.75) is 33.4 Å². The Bertz CT molecular complexity index is 493. The molecule has 0 bridgehead atoms. The number of pyridine rings is 1. The molecule has 0 aromatic carbocycles. The van der Waals surface area contributed by atoms with Crippen molar-refractivity contribution in [3.8, 4) is 11.5 Å². The van der Waals surface area contributed by atoms with Crippen molar-refractivity contribution >= 4 is 0 Å². The van der Waals surface area contributed by atoms with Gasteiger partial charge in [0, 0.05) is 23.5 Å². The molecule has 0 amide bonds. The molecule has 5 nitrogen and oxygen atoms in total. The molecule has 5 heteroatoms. The SMILES string of the molecule is Cc1cc(-c2nnc(CNC(C)C)o2)ccn1. The summed E-state index contributed by atoms with van der Waals surface area (Å²) in [5.74, 6) is 1.14. The quantitative estimate of drug-likeness (QED) is 0.872. The Morgan fingerprint density at radius 2 is 2.18 bits per heavy atom. The van der Waals surface area contributed by atoms with Gasteiger partial charge in [-0.2, -0.15) is 0 Å². The fraction of sp³-hybridized carbons (Fsp3) is 0.417. The molecule has 2 aromatic heterocycles. The van der Waals surface area contributed by atoms with Crippen LogP contribution >= 0.6 is 0 Å². The minimum absolute atomic E-state index is 0.397. The lowest BCUT2D eigenvalue weighted by molar-refractivity contribution is 0.459. The summed E-state index contributed by atoms with van der Waals surface area (Å²) >= 11 is 0. The van der Waals surface area contributed by atoms with E-state index in [1.807, 2.05) is 19.1 Å². The zero-order valence-corrected chi connectivity index (χ0v) is 10.3. The monoisotopic (exact) mass is 232 g/mol. The van der Waals surface area contributed by atoms with E-state index >= 15 is 0 Å². The van der Waals surface area contributed by atoms with E-state index in [0.29, 0.717) is 24.4 Å². The number of rotatable bonds is 4. The molecule has 0 saturated carbocycles. The van der Waals surface area contributed by atoms with Crippen LogP contribution in [0.2, 0.25) is 0 Å². The normalized spacial score (nSPS) is 11.1. The Hall–Kier alpha value is -1.75. The molecular formula is C12H16N4O. The highest BCUT2D eigenvalue weighted by atomic mass is 16.4. The Balaban J connectivity index is 2.12. The molecule has 1 N–H and O–H groups in total. The lowest BCUT2D eigenvalue weighted by Gasteiger charge is -2.03. The van der Waals surface area contributed by atoms with Crippen LogP contribution in [0.4, 0.5) is 0 Å². The molecule has 2 aromatic rings. The number of nitrogens with zero attached hydrogens (tertiary/aromatic N) is 3. The molecule has 0 radical (unpaired) electrons. The molecule has 2 rings (SSSR count). The highest BCUT2D eigenvalue weighted by Crippen LogP contribution is 2.17. The van der Waals surface area contributed by atoms with Gasteiger partial charge in [0.1, 0.15) is 0 Å². The van der Waals surface area contributed by atoms with Crippen LogP contribution < -0.4 is 5.32 Å². The predicted octanol–water partition coefficient (Wildman–Crippen LogP) is 1.94. The lowest BCUT2D eigenvalue weighted by Crippen LogP contribution is -2.21. The number of hydrogen-bond donors (Lipinski definition) is 1. The summed E-state index contributed by atoms with van der Waals surface area (Å²) in [7, 11) is 0. The summed E-state index contributed by atoms with van der Waals surface area (Å²) in [4.78, 5) is 4.13. The van der Waals surface area contributed by atoms with Gasteiger partial charge in [0.05, 0.1) is 6.54 Å². The second-order valence-electron chi connectivity index (χ2n) is 4.22. The van der Waals surface area contributed by atoms with Crippen molar-refractivity contribution in [2.24, 2.45) is 0 Å². The van der Waals surface area contributed by atoms with Gasteiger partial charge in [-0.1, -0.05) is 13.8 Å². The van der Waals surface area contributed by atoms with E-state index in [1.54, 1.807) is 6.20 Å². The third-order valence-electron chi connectivity index (χ3n) is 2.27. The largest absolute Gasteiger partial charge is 0.419 e. The Morgan fingerprint density at radius 1 is 1.35 bits per heavy atom. The first-order chi connectivity index (χ1) is 8.15. The van der Waals surface area contributed by atoms with Crippen molar-refractivity contribution in [2.75, 3.05) is 0 Å². The van der Waals surface area contributed by atoms with Crippen LogP contribution in [0.1, 0.15) is 25.4 Å². The molecule has 2 heterocycles. The Kier molecular flexibility index (Phi) is 3.49. The van der Waals surface area contributed by atoms with E-state index in [4.69, 9.17) is 4.42 Å². The van der Waals surface area contributed by atoms with Crippen LogP contribution in [0.5, 0.6) is 0 Å². The highest BCUT2D eigenvalue weighted by Gasteiger charge is 2.08. The average Bonchev–Trinajstić information content (AvgIpc) is 2.75. The number of aromatic nitrogens is 3. The van der Waals surface area contributed by atoms with E-state index < -0.39 is 0 Å². The van der Waals surface area contributed by atoms with Gasteiger partial charge in [0.25, 0.3) is 0 Å². The third kappa shape index (κ3) is 3.10. The van der Waals surface area contributed by atoms with E-state index in [0.717, 1.165) is 11.3 Å². The standard InChI is InChI=1S/C12H16N4O/c1-8(2)14-7-11-15-16-12(17-11)10-4-5-13-9(3)6-10/h4-6,8,14H,7H2,1-3H3. The first-order valence-corrected chi connectivity index (χ1v) is 5.64. The van der Waals surface area contributed by atoms with Gasteiger partial charge in [-0.15, -0.1) is 10.2 Å². The molecule has 0 saturated heterocycles. The first kappa shape index (κ1) is 11.7. The molecule has 17 heavy (non-hydrogen) atoms. The van der Waals surface area contributed by atoms with Crippen molar-refractivity contribution in [1.82, 2.24) is 20.5 Å². The van der Waals surface area contributed by atoms with Crippen LogP contribution in [-0.4, -0.2) is 21.2 Å². The van der Waals surface area contributed by atoms with Gasteiger partial charge < -0.3 is 9.73 Å². The number of nitrogens with one attached hydrogen (secondary N) is 1. The topological polar surface area (TPSA) is 63.8 Å². The van der Waals surface area contributed by atoms with Gasteiger partial charge >= 0.3 is 0 Å². The Labute approximate surface area is 100 Å². The van der Waals surface area contributed by atoms with E-state index in [9.17, 15) is 0 Å². The maximum absolute atomic E-state index is 5.56. The maximum Gasteiger partial charge on any atom is 0.247 e. The zero-order chi connectivity index (χ0) is 12.3. The fourth-order valence-electron chi connectivity index (χ4n) is 1.41. The molecule has 0 unspecified atom stereocenters. The van der Waals surface area contributed by atoms with Gasteiger partial charge in [-0.25, -0.2) is 0 Å². The van der Waals surface area contributed by atoms with Crippen molar-refractivity contribution in [3.05, 3.63) is 29.9 Å². The van der Waals surface area contributed by atoms with E-state index in [-0.39, 0.29) is 0 Å². The van der Waals surface area contributed by atoms with Crippen LogP contribution in [0.25, 0.3) is 11.5 Å². The van der Waals surface area contributed by atoms with Crippen LogP contribution in [0.3, 0.4) is 0 Å². The summed E-state index contributed by atoms with van der Waals surface area (Å²) in [6.07, 6.45) is 1.74. The zero-order valence-electron chi connectivity index (χ0n) is 10.3. The summed E-state index contributed by atoms with van der Waals surface area (Å²) < 4.78 is 5.56. The summed E-state index contributed by atoms with van der Waals surface area (Å²) in [6.45, 7) is 6.67. The summed E-state index contributed by atoms with van der Waals surface area (Å²) in [5.41, 5.74) is 1.84. The fourth-order valence-corrected chi connectivity index (χ4v) is 1.41. The van der Waals surface area contributed by atoms with Gasteiger partial charge in [-0.3, -0.25) is 4.98 Å². The highest BCUT2D eigenvalue weighted by molar-refractivity contribution is 5.52. The molecule has 0 spiro atoms. The number of hydrogen-bond acceptors (Lipinski definition) is 5. The van der Waals surface area contributed by atoms with E-state index in [1.165, 1.54) is 0 Å². The van der Waals surface area contributed by atoms with Crippen molar-refractivity contribution in [1.29, 1.82) is 0 Å². The molecular weight excluding hydrogens is 216 g/mol. The van der Waals surface area contributed by atoms with Crippen molar-refractivity contribution < 1.29 is 4.42 Å². The minimum atomic E-state index is 0.397. The minimum Gasteiger partial charge on any atom is -0.419 e. The van der Waals surface area contributed by atoms with Gasteiger partial charge in [0.2, 0.25) is 11.8 Å². The van der Waals surface area contributed by atoms with Gasteiger partial charge in [-0.05, 0) is 19.1 Å².